The van der Waals surface area contributed by atoms with Crippen LogP contribution in [-0.4, -0.2) is 17.9 Å². The van der Waals surface area contributed by atoms with Crippen molar-refractivity contribution in [3.8, 4) is 0 Å². The van der Waals surface area contributed by atoms with Gasteiger partial charge in [-0.1, -0.05) is 23.8 Å². The van der Waals surface area contributed by atoms with Crippen LogP contribution in [0.15, 0.2) is 46.9 Å². The first-order valence-electron chi connectivity index (χ1n) is 6.33. The fourth-order valence-corrected chi connectivity index (χ4v) is 2.46. The highest BCUT2D eigenvalue weighted by molar-refractivity contribution is 9.10. The second-order valence-electron chi connectivity index (χ2n) is 4.89. The van der Waals surface area contributed by atoms with Crippen LogP contribution in [0.1, 0.15) is 21.5 Å². The first-order valence-corrected chi connectivity index (χ1v) is 7.12. The number of halogens is 1. The molecular formula is C16H17BrN2O. The summed E-state index contributed by atoms with van der Waals surface area (Å²) in [6, 6.07) is 13.3. The number of carbonyl (C=O) groups is 1. The standard InChI is InChI=1S/C16H17BrN2O/c1-11-6-7-15(17)14(8-11)16(20)19(2)10-12-4-3-5-13(18)9-12/h3-9H,10,18H2,1-2H3. The van der Waals surface area contributed by atoms with Gasteiger partial charge in [-0.3, -0.25) is 4.79 Å². The van der Waals surface area contributed by atoms with Crippen molar-refractivity contribution in [1.82, 2.24) is 4.90 Å². The average molecular weight is 333 g/mol. The quantitative estimate of drug-likeness (QED) is 0.872. The molecule has 104 valence electrons. The highest BCUT2D eigenvalue weighted by atomic mass is 79.9. The van der Waals surface area contributed by atoms with E-state index in [0.29, 0.717) is 17.8 Å². The molecule has 0 heterocycles. The molecular weight excluding hydrogens is 316 g/mol. The molecule has 0 bridgehead atoms. The molecule has 2 aromatic rings. The normalized spacial score (nSPS) is 10.3. The third-order valence-electron chi connectivity index (χ3n) is 3.07. The van der Waals surface area contributed by atoms with Crippen LogP contribution in [0.5, 0.6) is 0 Å². The van der Waals surface area contributed by atoms with Crippen molar-refractivity contribution in [2.75, 3.05) is 12.8 Å². The lowest BCUT2D eigenvalue weighted by atomic mass is 10.1. The van der Waals surface area contributed by atoms with Crippen LogP contribution < -0.4 is 5.73 Å². The molecule has 3 nitrogen and oxygen atoms in total. The molecule has 0 aliphatic heterocycles. The third kappa shape index (κ3) is 3.39. The summed E-state index contributed by atoms with van der Waals surface area (Å²) in [7, 11) is 1.79. The Morgan fingerprint density at radius 2 is 2.00 bits per heavy atom. The molecule has 20 heavy (non-hydrogen) atoms. The minimum absolute atomic E-state index is 0.0111. The summed E-state index contributed by atoms with van der Waals surface area (Å²) in [5, 5.41) is 0. The molecule has 0 unspecified atom stereocenters. The molecule has 0 saturated carbocycles. The Bertz CT molecular complexity index is 640. The van der Waals surface area contributed by atoms with E-state index in [1.54, 1.807) is 11.9 Å². The van der Waals surface area contributed by atoms with Gasteiger partial charge in [0.2, 0.25) is 0 Å². The van der Waals surface area contributed by atoms with Gasteiger partial charge < -0.3 is 10.6 Å². The highest BCUT2D eigenvalue weighted by Crippen LogP contribution is 2.20. The van der Waals surface area contributed by atoms with E-state index in [-0.39, 0.29) is 5.91 Å². The van der Waals surface area contributed by atoms with Crippen LogP contribution in [0.3, 0.4) is 0 Å². The Balaban J connectivity index is 2.18. The fraction of sp³-hybridized carbons (Fsp3) is 0.188. The van der Waals surface area contributed by atoms with Crippen molar-refractivity contribution in [3.63, 3.8) is 0 Å². The maximum atomic E-state index is 12.5. The number of hydrogen-bond donors (Lipinski definition) is 1. The molecule has 0 aliphatic rings. The number of nitrogen functional groups attached to an aromatic ring is 1. The molecule has 0 fully saturated rings. The lowest BCUT2D eigenvalue weighted by Crippen LogP contribution is -2.26. The van der Waals surface area contributed by atoms with Gasteiger partial charge in [-0.15, -0.1) is 0 Å². The lowest BCUT2D eigenvalue weighted by molar-refractivity contribution is 0.0784. The minimum atomic E-state index is -0.0111. The molecule has 0 saturated heterocycles. The minimum Gasteiger partial charge on any atom is -0.399 e. The van der Waals surface area contributed by atoms with E-state index in [0.717, 1.165) is 15.6 Å². The maximum Gasteiger partial charge on any atom is 0.255 e. The number of hydrogen-bond acceptors (Lipinski definition) is 2. The number of aryl methyl sites for hydroxylation is 1. The van der Waals surface area contributed by atoms with E-state index < -0.39 is 0 Å². The largest absolute Gasteiger partial charge is 0.399 e. The number of anilines is 1. The molecule has 0 spiro atoms. The van der Waals surface area contributed by atoms with E-state index in [1.165, 1.54) is 0 Å². The molecule has 2 N–H and O–H groups in total. The van der Waals surface area contributed by atoms with Crippen molar-refractivity contribution in [3.05, 3.63) is 63.6 Å². The van der Waals surface area contributed by atoms with Gasteiger partial charge in [0.15, 0.2) is 0 Å². The Morgan fingerprint density at radius 3 is 2.70 bits per heavy atom. The Hall–Kier alpha value is -1.81. The first kappa shape index (κ1) is 14.6. The van der Waals surface area contributed by atoms with Crippen LogP contribution in [0.4, 0.5) is 5.69 Å². The van der Waals surface area contributed by atoms with Gasteiger partial charge in [0.25, 0.3) is 5.91 Å². The smallest absolute Gasteiger partial charge is 0.255 e. The zero-order valence-corrected chi connectivity index (χ0v) is 13.1. The maximum absolute atomic E-state index is 12.5. The van der Waals surface area contributed by atoms with E-state index in [4.69, 9.17) is 5.73 Å². The number of nitrogens with zero attached hydrogens (tertiary/aromatic N) is 1. The average Bonchev–Trinajstić information content (AvgIpc) is 2.40. The SMILES string of the molecule is Cc1ccc(Br)c(C(=O)N(C)Cc2cccc(N)c2)c1. The van der Waals surface area contributed by atoms with Gasteiger partial charge in [0.1, 0.15) is 0 Å². The zero-order valence-electron chi connectivity index (χ0n) is 11.6. The summed E-state index contributed by atoms with van der Waals surface area (Å²) in [5.41, 5.74) is 9.22. The predicted octanol–water partition coefficient (Wildman–Crippen LogP) is 3.61. The van der Waals surface area contributed by atoms with Crippen molar-refractivity contribution >= 4 is 27.5 Å². The molecule has 1 amide bonds. The molecule has 0 aliphatic carbocycles. The predicted molar refractivity (Wildman–Crippen MR) is 85.5 cm³/mol. The number of nitrogens with two attached hydrogens (primary N) is 1. The highest BCUT2D eigenvalue weighted by Gasteiger charge is 2.15. The van der Waals surface area contributed by atoms with Crippen LogP contribution in [0.25, 0.3) is 0 Å². The van der Waals surface area contributed by atoms with E-state index >= 15 is 0 Å². The van der Waals surface area contributed by atoms with E-state index in [1.807, 2.05) is 49.4 Å². The second kappa shape index (κ2) is 6.09. The van der Waals surface area contributed by atoms with Gasteiger partial charge in [-0.2, -0.15) is 0 Å². The van der Waals surface area contributed by atoms with Gasteiger partial charge >= 0.3 is 0 Å². The van der Waals surface area contributed by atoms with Gasteiger partial charge in [0.05, 0.1) is 5.56 Å². The summed E-state index contributed by atoms with van der Waals surface area (Å²) < 4.78 is 0.813. The van der Waals surface area contributed by atoms with Crippen molar-refractivity contribution in [1.29, 1.82) is 0 Å². The fourth-order valence-electron chi connectivity index (χ4n) is 2.05. The molecule has 4 heteroatoms. The summed E-state index contributed by atoms with van der Waals surface area (Å²) in [6.07, 6.45) is 0. The van der Waals surface area contributed by atoms with Crippen LogP contribution in [0, 0.1) is 6.92 Å². The van der Waals surface area contributed by atoms with Gasteiger partial charge in [0, 0.05) is 23.8 Å². The van der Waals surface area contributed by atoms with Crippen LogP contribution >= 0.6 is 15.9 Å². The summed E-state index contributed by atoms with van der Waals surface area (Å²) >= 11 is 3.43. The Kier molecular flexibility index (Phi) is 4.45. The summed E-state index contributed by atoms with van der Waals surface area (Å²) in [4.78, 5) is 14.2. The van der Waals surface area contributed by atoms with Crippen LogP contribution in [-0.2, 0) is 6.54 Å². The number of carbonyl (C=O) groups excluding carboxylic acids is 1. The lowest BCUT2D eigenvalue weighted by Gasteiger charge is -2.18. The zero-order chi connectivity index (χ0) is 14.7. The van der Waals surface area contributed by atoms with Gasteiger partial charge in [-0.25, -0.2) is 0 Å². The molecule has 0 radical (unpaired) electrons. The summed E-state index contributed by atoms with van der Waals surface area (Å²) in [5.74, 6) is -0.0111. The number of amides is 1. The number of rotatable bonds is 3. The summed E-state index contributed by atoms with van der Waals surface area (Å²) in [6.45, 7) is 2.51. The van der Waals surface area contributed by atoms with E-state index in [9.17, 15) is 4.79 Å². The molecule has 0 atom stereocenters. The monoisotopic (exact) mass is 332 g/mol. The molecule has 0 aromatic heterocycles. The van der Waals surface area contributed by atoms with E-state index in [2.05, 4.69) is 15.9 Å². The van der Waals surface area contributed by atoms with Crippen molar-refractivity contribution < 1.29 is 4.79 Å². The Morgan fingerprint density at radius 1 is 1.25 bits per heavy atom. The topological polar surface area (TPSA) is 46.3 Å². The van der Waals surface area contributed by atoms with Crippen LogP contribution in [0.2, 0.25) is 0 Å². The van der Waals surface area contributed by atoms with Crippen molar-refractivity contribution in [2.45, 2.75) is 13.5 Å². The van der Waals surface area contributed by atoms with Gasteiger partial charge in [-0.05, 0) is 52.7 Å². The van der Waals surface area contributed by atoms with Crippen molar-refractivity contribution in [2.24, 2.45) is 0 Å². The molecule has 2 rings (SSSR count). The third-order valence-corrected chi connectivity index (χ3v) is 3.76. The second-order valence-corrected chi connectivity index (χ2v) is 5.74. The Labute approximate surface area is 127 Å². The first-order chi connectivity index (χ1) is 9.47. The number of benzene rings is 2. The molecule has 2 aromatic carbocycles.